The molecule has 0 saturated heterocycles. The summed E-state index contributed by atoms with van der Waals surface area (Å²) in [6, 6.07) is 10.00. The third-order valence-corrected chi connectivity index (χ3v) is 2.46. The summed E-state index contributed by atoms with van der Waals surface area (Å²) in [6.07, 6.45) is 0.716. The van der Waals surface area contributed by atoms with Crippen molar-refractivity contribution in [2.24, 2.45) is 0 Å². The van der Waals surface area contributed by atoms with E-state index >= 15 is 0 Å². The van der Waals surface area contributed by atoms with E-state index in [0.717, 1.165) is 6.42 Å². The Morgan fingerprint density at radius 1 is 1.25 bits per heavy atom. The van der Waals surface area contributed by atoms with Gasteiger partial charge in [0.1, 0.15) is 6.17 Å². The summed E-state index contributed by atoms with van der Waals surface area (Å²) in [5.41, 5.74) is 1.21. The zero-order valence-corrected chi connectivity index (χ0v) is 8.43. The van der Waals surface area contributed by atoms with Gasteiger partial charge in [0.05, 0.1) is 0 Å². The Bertz CT molecular complexity index is 210. The maximum Gasteiger partial charge on any atom is 0.110 e. The quantitative estimate of drug-likeness (QED) is 0.697. The predicted molar refractivity (Wildman–Crippen MR) is 53.5 cm³/mol. The van der Waals surface area contributed by atoms with Crippen molar-refractivity contribution in [1.29, 1.82) is 0 Å². The molecular weight excluding hydrogens is 219 g/mol. The average molecular weight is 231 g/mol. The first-order valence-corrected chi connectivity index (χ1v) is 5.19. The maximum atomic E-state index is 12.8. The molecule has 0 aliphatic carbocycles. The van der Waals surface area contributed by atoms with Crippen molar-refractivity contribution in [3.63, 3.8) is 0 Å². The fraction of sp³-hybridized carbons (Fsp3) is 0.400. The number of halogens is 2. The Morgan fingerprint density at radius 3 is 2.50 bits per heavy atom. The largest absolute Gasteiger partial charge is 0.247 e. The predicted octanol–water partition coefficient (Wildman–Crippen LogP) is 3.35. The standard InChI is InChI=1S/C10H12BrF/c11-8-10(12)7-6-9-4-2-1-3-5-9/h1-5,10H,6-8H2/t10-/m1/s1. The smallest absolute Gasteiger partial charge is 0.110 e. The van der Waals surface area contributed by atoms with E-state index < -0.39 is 6.17 Å². The number of benzene rings is 1. The van der Waals surface area contributed by atoms with Gasteiger partial charge >= 0.3 is 0 Å². The van der Waals surface area contributed by atoms with Crippen LogP contribution in [-0.2, 0) is 6.42 Å². The monoisotopic (exact) mass is 230 g/mol. The minimum absolute atomic E-state index is 0.444. The first-order chi connectivity index (χ1) is 5.83. The second kappa shape index (κ2) is 5.31. The van der Waals surface area contributed by atoms with E-state index in [-0.39, 0.29) is 0 Å². The van der Waals surface area contributed by atoms with Gasteiger partial charge in [-0.3, -0.25) is 0 Å². The summed E-state index contributed by atoms with van der Waals surface area (Å²) in [5, 5.41) is 0.444. The Balaban J connectivity index is 2.33. The van der Waals surface area contributed by atoms with Crippen molar-refractivity contribution >= 4 is 15.9 Å². The van der Waals surface area contributed by atoms with E-state index in [9.17, 15) is 4.39 Å². The average Bonchev–Trinajstić information content (AvgIpc) is 2.16. The van der Waals surface area contributed by atoms with E-state index in [1.165, 1.54) is 5.56 Å². The van der Waals surface area contributed by atoms with E-state index in [4.69, 9.17) is 0 Å². The van der Waals surface area contributed by atoms with Gasteiger partial charge in [0.25, 0.3) is 0 Å². The van der Waals surface area contributed by atoms with Gasteiger partial charge < -0.3 is 0 Å². The first kappa shape index (κ1) is 9.72. The van der Waals surface area contributed by atoms with Gasteiger partial charge in [0.15, 0.2) is 0 Å². The van der Waals surface area contributed by atoms with Crippen LogP contribution in [0.5, 0.6) is 0 Å². The van der Waals surface area contributed by atoms with Crippen LogP contribution in [0.2, 0.25) is 0 Å². The number of hydrogen-bond donors (Lipinski definition) is 0. The summed E-state index contributed by atoms with van der Waals surface area (Å²) in [6.45, 7) is 0. The number of hydrogen-bond acceptors (Lipinski definition) is 0. The van der Waals surface area contributed by atoms with Crippen LogP contribution < -0.4 is 0 Å². The van der Waals surface area contributed by atoms with E-state index in [1.54, 1.807) is 0 Å². The van der Waals surface area contributed by atoms with Gasteiger partial charge in [-0.15, -0.1) is 0 Å². The molecule has 66 valence electrons. The third kappa shape index (κ3) is 3.35. The van der Waals surface area contributed by atoms with E-state index in [2.05, 4.69) is 15.9 Å². The SMILES string of the molecule is F[C@@H](CBr)CCc1ccccc1. The van der Waals surface area contributed by atoms with Crippen molar-refractivity contribution in [2.45, 2.75) is 19.0 Å². The summed E-state index contributed by atoms with van der Waals surface area (Å²) in [4.78, 5) is 0. The molecule has 0 bridgehead atoms. The molecule has 1 aromatic carbocycles. The second-order valence-corrected chi connectivity index (χ2v) is 3.42. The highest BCUT2D eigenvalue weighted by atomic mass is 79.9. The lowest BCUT2D eigenvalue weighted by molar-refractivity contribution is 0.349. The van der Waals surface area contributed by atoms with Crippen molar-refractivity contribution in [3.8, 4) is 0 Å². The van der Waals surface area contributed by atoms with Gasteiger partial charge in [-0.05, 0) is 18.4 Å². The second-order valence-electron chi connectivity index (χ2n) is 2.78. The van der Waals surface area contributed by atoms with Crippen LogP contribution in [0.1, 0.15) is 12.0 Å². The minimum Gasteiger partial charge on any atom is -0.247 e. The molecule has 0 spiro atoms. The van der Waals surface area contributed by atoms with Crippen molar-refractivity contribution in [2.75, 3.05) is 5.33 Å². The Morgan fingerprint density at radius 2 is 1.92 bits per heavy atom. The summed E-state index contributed by atoms with van der Waals surface area (Å²) < 4.78 is 12.8. The number of alkyl halides is 2. The maximum absolute atomic E-state index is 12.8. The Kier molecular flexibility index (Phi) is 4.30. The Hall–Kier alpha value is -0.370. The molecule has 2 heteroatoms. The molecular formula is C10H12BrF. The van der Waals surface area contributed by atoms with Crippen LogP contribution in [0.25, 0.3) is 0 Å². The fourth-order valence-corrected chi connectivity index (χ4v) is 1.37. The van der Waals surface area contributed by atoms with E-state index in [1.807, 2.05) is 30.3 Å². The first-order valence-electron chi connectivity index (χ1n) is 4.07. The normalized spacial score (nSPS) is 12.8. The highest BCUT2D eigenvalue weighted by Gasteiger charge is 2.03. The molecule has 1 rings (SSSR count). The lowest BCUT2D eigenvalue weighted by atomic mass is 10.1. The van der Waals surface area contributed by atoms with Gasteiger partial charge in [0.2, 0.25) is 0 Å². The van der Waals surface area contributed by atoms with Crippen LogP contribution in [0.4, 0.5) is 4.39 Å². The molecule has 1 aromatic rings. The molecule has 12 heavy (non-hydrogen) atoms. The van der Waals surface area contributed by atoms with Crippen LogP contribution in [0.3, 0.4) is 0 Å². The molecule has 0 nitrogen and oxygen atoms in total. The summed E-state index contributed by atoms with van der Waals surface area (Å²) in [5.74, 6) is 0. The Labute approximate surface area is 80.9 Å². The number of rotatable bonds is 4. The van der Waals surface area contributed by atoms with Crippen LogP contribution in [-0.4, -0.2) is 11.5 Å². The summed E-state index contributed by atoms with van der Waals surface area (Å²) >= 11 is 3.11. The lowest BCUT2D eigenvalue weighted by Crippen LogP contribution is -2.02. The molecule has 0 amide bonds. The molecule has 0 radical (unpaired) electrons. The zero-order valence-electron chi connectivity index (χ0n) is 6.84. The molecule has 0 heterocycles. The number of aryl methyl sites for hydroxylation is 1. The molecule has 0 unspecified atom stereocenters. The van der Waals surface area contributed by atoms with Crippen molar-refractivity contribution in [3.05, 3.63) is 35.9 Å². The highest BCUT2D eigenvalue weighted by Crippen LogP contribution is 2.08. The molecule has 0 aromatic heterocycles. The minimum atomic E-state index is -0.717. The van der Waals surface area contributed by atoms with Crippen LogP contribution >= 0.6 is 15.9 Å². The molecule has 0 aliphatic heterocycles. The van der Waals surface area contributed by atoms with E-state index in [0.29, 0.717) is 11.8 Å². The van der Waals surface area contributed by atoms with Crippen molar-refractivity contribution in [1.82, 2.24) is 0 Å². The molecule has 0 saturated carbocycles. The van der Waals surface area contributed by atoms with Crippen LogP contribution in [0, 0.1) is 0 Å². The third-order valence-electron chi connectivity index (χ3n) is 1.76. The lowest BCUT2D eigenvalue weighted by Gasteiger charge is -2.03. The highest BCUT2D eigenvalue weighted by molar-refractivity contribution is 9.09. The van der Waals surface area contributed by atoms with Crippen LogP contribution in [0.15, 0.2) is 30.3 Å². The fourth-order valence-electron chi connectivity index (χ4n) is 1.05. The van der Waals surface area contributed by atoms with Gasteiger partial charge in [-0.2, -0.15) is 0 Å². The molecule has 0 N–H and O–H groups in total. The van der Waals surface area contributed by atoms with Gasteiger partial charge in [-0.1, -0.05) is 46.3 Å². The summed E-state index contributed by atoms with van der Waals surface area (Å²) in [7, 11) is 0. The van der Waals surface area contributed by atoms with Gasteiger partial charge in [0, 0.05) is 5.33 Å². The van der Waals surface area contributed by atoms with Gasteiger partial charge in [-0.25, -0.2) is 4.39 Å². The molecule has 1 atom stereocenters. The van der Waals surface area contributed by atoms with Crippen molar-refractivity contribution < 1.29 is 4.39 Å². The molecule has 0 fully saturated rings. The topological polar surface area (TPSA) is 0 Å². The zero-order chi connectivity index (χ0) is 8.81. The molecule has 0 aliphatic rings.